The highest BCUT2D eigenvalue weighted by atomic mass is 35.5. The molecule has 0 spiro atoms. The van der Waals surface area contributed by atoms with E-state index in [2.05, 4.69) is 0 Å². The average molecular weight is 232 g/mol. The lowest BCUT2D eigenvalue weighted by Gasteiger charge is -2.27. The van der Waals surface area contributed by atoms with E-state index in [-0.39, 0.29) is 12.4 Å². The van der Waals surface area contributed by atoms with E-state index in [9.17, 15) is 10.2 Å². The molecule has 3 nitrogen and oxygen atoms in total. The molecule has 0 amide bonds. The van der Waals surface area contributed by atoms with Gasteiger partial charge in [0.15, 0.2) is 0 Å². The van der Waals surface area contributed by atoms with Gasteiger partial charge in [0.1, 0.15) is 12.5 Å². The fraction of sp³-hybridized carbons (Fsp3) is 0.455. The summed E-state index contributed by atoms with van der Waals surface area (Å²) in [6.07, 6.45) is -1.29. The molecular formula is C11H18ClNO2. The van der Waals surface area contributed by atoms with Crippen molar-refractivity contribution in [3.63, 3.8) is 0 Å². The Labute approximate surface area is 96.8 Å². The Balaban J connectivity index is 0.00000196. The molecule has 1 rings (SSSR count). The molecule has 0 bridgehead atoms. The number of aliphatic hydroxyl groups excluding tert-OH is 2. The molecule has 0 radical (unpaired) electrons. The standard InChI is InChI=1S/C11H17NO2.ClH/c1-9(13)12(10(2)14)8-11-6-4-3-5-7-11;/h3-7,9-10,13-14H,8H2,1-2H3;1H. The van der Waals surface area contributed by atoms with Gasteiger partial charge in [-0.05, 0) is 19.4 Å². The molecule has 1 aromatic rings. The lowest BCUT2D eigenvalue weighted by atomic mass is 10.2. The van der Waals surface area contributed by atoms with Crippen LogP contribution in [0.4, 0.5) is 0 Å². The fourth-order valence-corrected chi connectivity index (χ4v) is 1.37. The summed E-state index contributed by atoms with van der Waals surface area (Å²) >= 11 is 0. The summed E-state index contributed by atoms with van der Waals surface area (Å²) in [7, 11) is 0. The number of halogens is 1. The molecule has 0 aliphatic carbocycles. The zero-order valence-electron chi connectivity index (χ0n) is 9.00. The first-order valence-electron chi connectivity index (χ1n) is 4.77. The highest BCUT2D eigenvalue weighted by Gasteiger charge is 2.15. The molecule has 0 aliphatic heterocycles. The minimum Gasteiger partial charge on any atom is -0.379 e. The van der Waals surface area contributed by atoms with Gasteiger partial charge in [0.05, 0.1) is 0 Å². The zero-order chi connectivity index (χ0) is 10.6. The molecule has 2 unspecified atom stereocenters. The highest BCUT2D eigenvalue weighted by Crippen LogP contribution is 2.09. The van der Waals surface area contributed by atoms with Gasteiger partial charge in [0, 0.05) is 6.54 Å². The maximum atomic E-state index is 9.41. The predicted molar refractivity (Wildman–Crippen MR) is 62.6 cm³/mol. The maximum Gasteiger partial charge on any atom is 0.106 e. The summed E-state index contributed by atoms with van der Waals surface area (Å²) in [6, 6.07) is 9.77. The van der Waals surface area contributed by atoms with Crippen molar-refractivity contribution in [3.8, 4) is 0 Å². The van der Waals surface area contributed by atoms with Gasteiger partial charge >= 0.3 is 0 Å². The molecule has 2 atom stereocenters. The van der Waals surface area contributed by atoms with Crippen molar-refractivity contribution in [1.82, 2.24) is 4.90 Å². The quantitative estimate of drug-likeness (QED) is 0.774. The van der Waals surface area contributed by atoms with Crippen LogP contribution in [0, 0.1) is 0 Å². The average Bonchev–Trinajstić information content (AvgIpc) is 2.15. The van der Waals surface area contributed by atoms with Crippen LogP contribution in [0.15, 0.2) is 30.3 Å². The molecule has 0 saturated heterocycles. The Morgan fingerprint density at radius 1 is 1.07 bits per heavy atom. The number of hydrogen-bond donors (Lipinski definition) is 2. The Morgan fingerprint density at radius 3 is 1.93 bits per heavy atom. The van der Waals surface area contributed by atoms with Gasteiger partial charge in [-0.3, -0.25) is 0 Å². The van der Waals surface area contributed by atoms with Gasteiger partial charge in [0.2, 0.25) is 0 Å². The van der Waals surface area contributed by atoms with Crippen molar-refractivity contribution >= 4 is 12.4 Å². The third-order valence-electron chi connectivity index (χ3n) is 2.17. The van der Waals surface area contributed by atoms with E-state index in [0.717, 1.165) is 5.56 Å². The van der Waals surface area contributed by atoms with Crippen molar-refractivity contribution in [1.29, 1.82) is 0 Å². The molecule has 15 heavy (non-hydrogen) atoms. The van der Waals surface area contributed by atoms with Crippen molar-refractivity contribution in [2.45, 2.75) is 32.8 Å². The number of nitrogens with zero attached hydrogens (tertiary/aromatic N) is 1. The maximum absolute atomic E-state index is 9.41. The fourth-order valence-electron chi connectivity index (χ4n) is 1.37. The normalized spacial score (nSPS) is 14.5. The zero-order valence-corrected chi connectivity index (χ0v) is 9.81. The first kappa shape index (κ1) is 14.4. The van der Waals surface area contributed by atoms with Crippen molar-refractivity contribution in [2.75, 3.05) is 0 Å². The second-order valence-corrected chi connectivity index (χ2v) is 3.42. The van der Waals surface area contributed by atoms with E-state index in [4.69, 9.17) is 0 Å². The molecule has 86 valence electrons. The largest absolute Gasteiger partial charge is 0.379 e. The van der Waals surface area contributed by atoms with E-state index >= 15 is 0 Å². The molecular weight excluding hydrogens is 214 g/mol. The molecule has 0 fully saturated rings. The van der Waals surface area contributed by atoms with Gasteiger partial charge in [0.25, 0.3) is 0 Å². The van der Waals surface area contributed by atoms with Crippen LogP contribution in [-0.2, 0) is 6.54 Å². The van der Waals surface area contributed by atoms with Gasteiger partial charge < -0.3 is 10.2 Å². The number of rotatable bonds is 4. The molecule has 0 aliphatic rings. The van der Waals surface area contributed by atoms with Crippen molar-refractivity contribution < 1.29 is 10.2 Å². The van der Waals surface area contributed by atoms with Crippen LogP contribution >= 0.6 is 12.4 Å². The van der Waals surface area contributed by atoms with E-state index in [1.807, 2.05) is 30.3 Å². The van der Waals surface area contributed by atoms with Gasteiger partial charge in [-0.1, -0.05) is 30.3 Å². The Kier molecular flexibility index (Phi) is 6.52. The summed E-state index contributed by atoms with van der Waals surface area (Å²) in [5.41, 5.74) is 1.08. The van der Waals surface area contributed by atoms with Gasteiger partial charge in [-0.25, -0.2) is 4.90 Å². The number of benzene rings is 1. The van der Waals surface area contributed by atoms with Crippen LogP contribution in [0.25, 0.3) is 0 Å². The molecule has 0 aromatic heterocycles. The Morgan fingerprint density at radius 2 is 1.53 bits per heavy atom. The summed E-state index contributed by atoms with van der Waals surface area (Å²) in [5.74, 6) is 0. The van der Waals surface area contributed by atoms with Gasteiger partial charge in [-0.15, -0.1) is 12.4 Å². The van der Waals surface area contributed by atoms with E-state index < -0.39 is 12.5 Å². The second-order valence-electron chi connectivity index (χ2n) is 3.42. The summed E-state index contributed by atoms with van der Waals surface area (Å²) < 4.78 is 0. The van der Waals surface area contributed by atoms with Crippen molar-refractivity contribution in [2.24, 2.45) is 0 Å². The lowest BCUT2D eigenvalue weighted by molar-refractivity contribution is -0.0897. The minimum absolute atomic E-state index is 0. The van der Waals surface area contributed by atoms with Crippen molar-refractivity contribution in [3.05, 3.63) is 35.9 Å². The molecule has 1 aromatic carbocycles. The SMILES string of the molecule is CC(O)N(Cc1ccccc1)C(C)O.Cl. The van der Waals surface area contributed by atoms with Crippen LogP contribution in [0.1, 0.15) is 19.4 Å². The van der Waals surface area contributed by atoms with Crippen LogP contribution in [-0.4, -0.2) is 27.6 Å². The highest BCUT2D eigenvalue weighted by molar-refractivity contribution is 5.85. The van der Waals surface area contributed by atoms with Crippen LogP contribution in [0.2, 0.25) is 0 Å². The van der Waals surface area contributed by atoms with Crippen LogP contribution in [0.3, 0.4) is 0 Å². The lowest BCUT2D eigenvalue weighted by Crippen LogP contribution is -2.39. The summed E-state index contributed by atoms with van der Waals surface area (Å²) in [4.78, 5) is 1.61. The second kappa shape index (κ2) is 6.80. The Bertz CT molecular complexity index is 257. The molecule has 2 N–H and O–H groups in total. The predicted octanol–water partition coefficient (Wildman–Crippen LogP) is 1.59. The summed E-state index contributed by atoms with van der Waals surface area (Å²) in [5, 5.41) is 18.8. The minimum atomic E-state index is -0.643. The van der Waals surface area contributed by atoms with Crippen LogP contribution < -0.4 is 0 Å². The topological polar surface area (TPSA) is 43.7 Å². The smallest absolute Gasteiger partial charge is 0.106 e. The molecule has 4 heteroatoms. The Hall–Kier alpha value is -0.610. The number of hydrogen-bond acceptors (Lipinski definition) is 3. The molecule has 0 saturated carbocycles. The third-order valence-corrected chi connectivity index (χ3v) is 2.17. The van der Waals surface area contributed by atoms with E-state index in [1.54, 1.807) is 18.7 Å². The number of aliphatic hydroxyl groups is 2. The van der Waals surface area contributed by atoms with E-state index in [1.165, 1.54) is 0 Å². The van der Waals surface area contributed by atoms with Crippen LogP contribution in [0.5, 0.6) is 0 Å². The monoisotopic (exact) mass is 231 g/mol. The first-order valence-corrected chi connectivity index (χ1v) is 4.77. The first-order chi connectivity index (χ1) is 6.61. The third kappa shape index (κ3) is 4.62. The molecule has 0 heterocycles. The summed E-state index contributed by atoms with van der Waals surface area (Å²) in [6.45, 7) is 3.85. The van der Waals surface area contributed by atoms with Gasteiger partial charge in [-0.2, -0.15) is 0 Å². The van der Waals surface area contributed by atoms with E-state index in [0.29, 0.717) is 6.54 Å².